The van der Waals surface area contributed by atoms with Gasteiger partial charge in [0.05, 0.1) is 6.42 Å². The predicted molar refractivity (Wildman–Crippen MR) is 65.4 cm³/mol. The summed E-state index contributed by atoms with van der Waals surface area (Å²) in [4.78, 5) is 13.1. The van der Waals surface area contributed by atoms with Crippen LogP contribution >= 0.6 is 0 Å². The van der Waals surface area contributed by atoms with Gasteiger partial charge in [-0.1, -0.05) is 29.4 Å². The SMILES string of the molecule is [N-]=[N+]=NCCC=Cc1ccc(CC(=O)O)cc1F. The molecule has 18 heavy (non-hydrogen) atoms. The van der Waals surface area contributed by atoms with Crippen LogP contribution in [0.4, 0.5) is 4.39 Å². The summed E-state index contributed by atoms with van der Waals surface area (Å²) in [5, 5.41) is 11.9. The number of azide groups is 1. The van der Waals surface area contributed by atoms with Crippen molar-refractivity contribution in [2.45, 2.75) is 12.8 Å². The lowest BCUT2D eigenvalue weighted by molar-refractivity contribution is -0.136. The molecule has 6 heteroatoms. The lowest BCUT2D eigenvalue weighted by Crippen LogP contribution is -2.00. The number of rotatable bonds is 6. The summed E-state index contributed by atoms with van der Waals surface area (Å²) < 4.78 is 13.5. The second-order valence-corrected chi connectivity index (χ2v) is 3.57. The lowest BCUT2D eigenvalue weighted by atomic mass is 10.1. The molecule has 0 amide bonds. The van der Waals surface area contributed by atoms with E-state index in [1.807, 2.05) is 0 Å². The number of carbonyl (C=O) groups is 1. The van der Waals surface area contributed by atoms with Crippen LogP contribution in [0.5, 0.6) is 0 Å². The van der Waals surface area contributed by atoms with Crippen molar-refractivity contribution < 1.29 is 14.3 Å². The van der Waals surface area contributed by atoms with Crippen LogP contribution in [0.1, 0.15) is 17.5 Å². The first-order chi connectivity index (χ1) is 8.63. The third-order valence-electron chi connectivity index (χ3n) is 2.18. The summed E-state index contributed by atoms with van der Waals surface area (Å²) in [7, 11) is 0. The topological polar surface area (TPSA) is 86.1 Å². The summed E-state index contributed by atoms with van der Waals surface area (Å²) in [6, 6.07) is 4.31. The maximum atomic E-state index is 13.5. The Hall–Kier alpha value is -2.33. The molecular weight excluding hydrogens is 237 g/mol. The minimum absolute atomic E-state index is 0.197. The Labute approximate surface area is 103 Å². The molecule has 0 saturated heterocycles. The number of hydrogen-bond acceptors (Lipinski definition) is 2. The van der Waals surface area contributed by atoms with Crippen molar-refractivity contribution in [1.82, 2.24) is 0 Å². The van der Waals surface area contributed by atoms with E-state index in [0.717, 1.165) is 0 Å². The predicted octanol–water partition coefficient (Wildman–Crippen LogP) is 3.17. The van der Waals surface area contributed by atoms with Crippen LogP contribution in [0.3, 0.4) is 0 Å². The highest BCUT2D eigenvalue weighted by molar-refractivity contribution is 5.70. The Bertz CT molecular complexity index is 508. The van der Waals surface area contributed by atoms with E-state index in [0.29, 0.717) is 24.1 Å². The van der Waals surface area contributed by atoms with Crippen LogP contribution in [0.25, 0.3) is 16.5 Å². The van der Waals surface area contributed by atoms with Gasteiger partial charge in [0, 0.05) is 17.0 Å². The number of aliphatic carboxylic acids is 1. The number of carboxylic acids is 1. The number of halogens is 1. The molecule has 0 atom stereocenters. The van der Waals surface area contributed by atoms with Gasteiger partial charge in [-0.3, -0.25) is 4.79 Å². The fourth-order valence-corrected chi connectivity index (χ4v) is 1.38. The minimum atomic E-state index is -0.993. The van der Waals surface area contributed by atoms with Crippen LogP contribution in [0.15, 0.2) is 29.4 Å². The molecule has 0 spiro atoms. The van der Waals surface area contributed by atoms with Crippen molar-refractivity contribution in [2.75, 3.05) is 6.54 Å². The van der Waals surface area contributed by atoms with Crippen LogP contribution < -0.4 is 0 Å². The van der Waals surface area contributed by atoms with Gasteiger partial charge in [0.1, 0.15) is 5.82 Å². The molecule has 0 aromatic heterocycles. The average molecular weight is 249 g/mol. The molecule has 1 aromatic carbocycles. The first kappa shape index (κ1) is 13.7. The molecule has 0 fully saturated rings. The molecule has 1 rings (SSSR count). The highest BCUT2D eigenvalue weighted by Gasteiger charge is 2.04. The summed E-state index contributed by atoms with van der Waals surface area (Å²) in [5.41, 5.74) is 8.86. The molecule has 1 aromatic rings. The first-order valence-corrected chi connectivity index (χ1v) is 5.31. The maximum Gasteiger partial charge on any atom is 0.307 e. The van der Waals surface area contributed by atoms with Crippen molar-refractivity contribution in [1.29, 1.82) is 0 Å². The zero-order valence-corrected chi connectivity index (χ0v) is 9.58. The number of hydrogen-bond donors (Lipinski definition) is 1. The second kappa shape index (κ2) is 7.09. The van der Waals surface area contributed by atoms with Crippen LogP contribution in [-0.2, 0) is 11.2 Å². The molecule has 1 N–H and O–H groups in total. The van der Waals surface area contributed by atoms with E-state index in [1.54, 1.807) is 18.2 Å². The smallest absolute Gasteiger partial charge is 0.307 e. The van der Waals surface area contributed by atoms with Gasteiger partial charge in [-0.05, 0) is 23.6 Å². The Kier molecular flexibility index (Phi) is 5.41. The molecule has 94 valence electrons. The van der Waals surface area contributed by atoms with E-state index in [1.165, 1.54) is 12.1 Å². The number of carboxylic acid groups (broad SMARTS) is 1. The molecule has 0 aliphatic carbocycles. The van der Waals surface area contributed by atoms with Gasteiger partial charge >= 0.3 is 5.97 Å². The molecule has 0 radical (unpaired) electrons. The van der Waals surface area contributed by atoms with Gasteiger partial charge in [-0.25, -0.2) is 4.39 Å². The van der Waals surface area contributed by atoms with Crippen LogP contribution in [0.2, 0.25) is 0 Å². The van der Waals surface area contributed by atoms with Crippen molar-refractivity contribution >= 4 is 12.0 Å². The lowest BCUT2D eigenvalue weighted by Gasteiger charge is -2.00. The Balaban J connectivity index is 2.67. The molecule has 0 aliphatic heterocycles. The van der Waals surface area contributed by atoms with Gasteiger partial charge < -0.3 is 5.11 Å². The van der Waals surface area contributed by atoms with Crippen molar-refractivity contribution in [2.24, 2.45) is 5.11 Å². The van der Waals surface area contributed by atoms with Gasteiger partial charge in [-0.15, -0.1) is 0 Å². The van der Waals surface area contributed by atoms with E-state index < -0.39 is 11.8 Å². The fraction of sp³-hybridized carbons (Fsp3) is 0.250. The Morgan fingerprint density at radius 1 is 1.56 bits per heavy atom. The Morgan fingerprint density at radius 3 is 2.94 bits per heavy atom. The molecule has 0 heterocycles. The van der Waals surface area contributed by atoms with Crippen LogP contribution in [0, 0.1) is 5.82 Å². The van der Waals surface area contributed by atoms with E-state index in [9.17, 15) is 9.18 Å². The molecule has 0 bridgehead atoms. The third kappa shape index (κ3) is 4.67. The van der Waals surface area contributed by atoms with Gasteiger partial charge in [-0.2, -0.15) is 0 Å². The van der Waals surface area contributed by atoms with Crippen LogP contribution in [-0.4, -0.2) is 17.6 Å². The van der Waals surface area contributed by atoms with E-state index in [2.05, 4.69) is 10.0 Å². The van der Waals surface area contributed by atoms with E-state index in [4.69, 9.17) is 10.6 Å². The van der Waals surface area contributed by atoms with E-state index >= 15 is 0 Å². The summed E-state index contributed by atoms with van der Waals surface area (Å²) >= 11 is 0. The van der Waals surface area contributed by atoms with Crippen molar-refractivity contribution in [3.63, 3.8) is 0 Å². The standard InChI is InChI=1S/C12H12FN3O2/c13-11-7-9(8-12(17)18)4-5-10(11)3-1-2-6-15-16-14/h1,3-5,7H,2,6,8H2,(H,17,18). The summed E-state index contributed by atoms with van der Waals surface area (Å²) in [6.07, 6.45) is 3.61. The first-order valence-electron chi connectivity index (χ1n) is 5.31. The van der Waals surface area contributed by atoms with Crippen molar-refractivity contribution in [3.05, 3.63) is 51.7 Å². The average Bonchev–Trinajstić information content (AvgIpc) is 2.30. The normalized spacial score (nSPS) is 10.3. The zero-order chi connectivity index (χ0) is 13.4. The molecule has 5 nitrogen and oxygen atoms in total. The van der Waals surface area contributed by atoms with Gasteiger partial charge in [0.15, 0.2) is 0 Å². The highest BCUT2D eigenvalue weighted by Crippen LogP contribution is 2.13. The minimum Gasteiger partial charge on any atom is -0.481 e. The quantitative estimate of drug-likeness (QED) is 0.363. The second-order valence-electron chi connectivity index (χ2n) is 3.57. The molecule has 0 aliphatic rings. The Morgan fingerprint density at radius 2 is 2.33 bits per heavy atom. The maximum absolute atomic E-state index is 13.5. The largest absolute Gasteiger partial charge is 0.481 e. The fourth-order valence-electron chi connectivity index (χ4n) is 1.38. The zero-order valence-electron chi connectivity index (χ0n) is 9.58. The molecule has 0 unspecified atom stereocenters. The van der Waals surface area contributed by atoms with Crippen molar-refractivity contribution in [3.8, 4) is 0 Å². The summed E-state index contributed by atoms with van der Waals surface area (Å²) in [5.74, 6) is -1.46. The monoisotopic (exact) mass is 249 g/mol. The molecule has 0 saturated carbocycles. The third-order valence-corrected chi connectivity index (χ3v) is 2.18. The van der Waals surface area contributed by atoms with Gasteiger partial charge in [0.25, 0.3) is 0 Å². The van der Waals surface area contributed by atoms with E-state index in [-0.39, 0.29) is 6.42 Å². The molecular formula is C12H12FN3O2. The number of nitrogens with zero attached hydrogens (tertiary/aromatic N) is 3. The highest BCUT2D eigenvalue weighted by atomic mass is 19.1. The van der Waals surface area contributed by atoms with Gasteiger partial charge in [0.2, 0.25) is 0 Å². The summed E-state index contributed by atoms with van der Waals surface area (Å²) in [6.45, 7) is 0.325. The number of benzene rings is 1.